The molecular formula is C24H28N6O. The van der Waals surface area contributed by atoms with Crippen molar-refractivity contribution in [1.82, 2.24) is 9.66 Å². The first-order valence-corrected chi connectivity index (χ1v) is 10.8. The molecule has 0 radical (unpaired) electrons. The molecule has 3 aromatic rings. The van der Waals surface area contributed by atoms with E-state index >= 15 is 0 Å². The van der Waals surface area contributed by atoms with E-state index in [0.717, 1.165) is 54.4 Å². The molecule has 1 unspecified atom stereocenters. The number of nitrogens with one attached hydrogen (secondary N) is 2. The van der Waals surface area contributed by atoms with E-state index in [1.165, 1.54) is 0 Å². The number of anilines is 1. The van der Waals surface area contributed by atoms with Crippen LogP contribution >= 0.6 is 0 Å². The quantitative estimate of drug-likeness (QED) is 0.504. The molecule has 1 atom stereocenters. The van der Waals surface area contributed by atoms with Crippen molar-refractivity contribution >= 4 is 11.4 Å². The van der Waals surface area contributed by atoms with Crippen molar-refractivity contribution in [2.75, 3.05) is 10.7 Å². The van der Waals surface area contributed by atoms with E-state index in [2.05, 4.69) is 21.8 Å². The molecule has 6 N–H and O–H groups in total. The second-order valence-corrected chi connectivity index (χ2v) is 8.40. The van der Waals surface area contributed by atoms with Crippen molar-refractivity contribution in [3.8, 4) is 11.5 Å². The summed E-state index contributed by atoms with van der Waals surface area (Å²) < 4.78 is 7.80. The number of nitrogens with two attached hydrogens (primary N) is 2. The lowest BCUT2D eigenvalue weighted by molar-refractivity contribution is 0.239. The van der Waals surface area contributed by atoms with Crippen LogP contribution < -0.4 is 26.9 Å². The smallest absolute Gasteiger partial charge is 0.174 e. The van der Waals surface area contributed by atoms with Crippen LogP contribution in [0.4, 0.5) is 5.69 Å². The lowest BCUT2D eigenvalue weighted by Gasteiger charge is -2.42. The van der Waals surface area contributed by atoms with Crippen LogP contribution in [0.25, 0.3) is 5.70 Å². The Morgan fingerprint density at radius 3 is 2.45 bits per heavy atom. The van der Waals surface area contributed by atoms with Crippen LogP contribution in [0, 0.1) is 5.92 Å². The highest BCUT2D eigenvalue weighted by atomic mass is 16.5. The number of benzene rings is 2. The Balaban J connectivity index is 1.36. The number of nitrogens with zero attached hydrogens (tertiary/aromatic N) is 2. The van der Waals surface area contributed by atoms with Crippen molar-refractivity contribution in [3.63, 3.8) is 0 Å². The van der Waals surface area contributed by atoms with Crippen LogP contribution in [0.15, 0.2) is 73.1 Å². The molecule has 1 fully saturated rings. The van der Waals surface area contributed by atoms with Gasteiger partial charge >= 0.3 is 0 Å². The highest BCUT2D eigenvalue weighted by Gasteiger charge is 2.39. The summed E-state index contributed by atoms with van der Waals surface area (Å²) in [5, 5.41) is 3.49. The molecule has 2 aromatic carbocycles. The van der Waals surface area contributed by atoms with Crippen LogP contribution in [0.3, 0.4) is 0 Å². The van der Waals surface area contributed by atoms with Crippen LogP contribution in [-0.2, 0) is 0 Å². The normalized spacial score (nSPS) is 25.2. The predicted octanol–water partition coefficient (Wildman–Crippen LogP) is 3.86. The molecule has 7 nitrogen and oxygen atoms in total. The Morgan fingerprint density at radius 2 is 1.71 bits per heavy atom. The standard InChI is InChI=1S/C24H28N6O/c25-18-8-6-17(7-9-18)24(26)16-22(23-27-14-15-30(23)29-24)28-19-10-12-21(13-11-19)31-20-4-2-1-3-5-20/h1-5,10-18,28-29H,6-9,25-26H2. The van der Waals surface area contributed by atoms with E-state index < -0.39 is 5.66 Å². The number of imidazole rings is 1. The van der Waals surface area contributed by atoms with Crippen LogP contribution in [0.2, 0.25) is 0 Å². The van der Waals surface area contributed by atoms with Gasteiger partial charge in [-0.15, -0.1) is 0 Å². The molecule has 5 rings (SSSR count). The van der Waals surface area contributed by atoms with Crippen molar-refractivity contribution < 1.29 is 4.74 Å². The first-order chi connectivity index (χ1) is 15.1. The Morgan fingerprint density at radius 1 is 1.00 bits per heavy atom. The van der Waals surface area contributed by atoms with Gasteiger partial charge in [-0.1, -0.05) is 18.2 Å². The summed E-state index contributed by atoms with van der Waals surface area (Å²) in [6.07, 6.45) is 9.76. The molecule has 0 amide bonds. The third kappa shape index (κ3) is 4.15. The Labute approximate surface area is 182 Å². The fourth-order valence-corrected chi connectivity index (χ4v) is 4.42. The zero-order valence-electron chi connectivity index (χ0n) is 17.4. The van der Waals surface area contributed by atoms with E-state index in [1.54, 1.807) is 6.20 Å². The third-order valence-corrected chi connectivity index (χ3v) is 6.14. The molecule has 160 valence electrons. The van der Waals surface area contributed by atoms with E-state index in [9.17, 15) is 0 Å². The molecule has 0 saturated heterocycles. The monoisotopic (exact) mass is 416 g/mol. The fraction of sp³-hybridized carbons (Fsp3) is 0.292. The number of rotatable bonds is 5. The molecule has 0 spiro atoms. The Bertz CT molecular complexity index is 1050. The first-order valence-electron chi connectivity index (χ1n) is 10.8. The Hall–Kier alpha value is -3.29. The average molecular weight is 417 g/mol. The summed E-state index contributed by atoms with van der Waals surface area (Å²) >= 11 is 0. The molecule has 2 aliphatic rings. The average Bonchev–Trinajstić information content (AvgIpc) is 3.25. The van der Waals surface area contributed by atoms with Gasteiger partial charge in [0, 0.05) is 30.0 Å². The van der Waals surface area contributed by atoms with Gasteiger partial charge in [0.1, 0.15) is 17.2 Å². The maximum absolute atomic E-state index is 6.87. The van der Waals surface area contributed by atoms with E-state index in [1.807, 2.05) is 65.5 Å². The fourth-order valence-electron chi connectivity index (χ4n) is 4.42. The maximum Gasteiger partial charge on any atom is 0.174 e. The first kappa shape index (κ1) is 19.7. The number of ether oxygens (including phenoxy) is 1. The number of para-hydroxylation sites is 1. The molecule has 0 bridgehead atoms. The Kier molecular flexibility index (Phi) is 5.13. The van der Waals surface area contributed by atoms with Crippen molar-refractivity contribution in [3.05, 3.63) is 78.9 Å². The van der Waals surface area contributed by atoms with Crippen LogP contribution in [0.1, 0.15) is 31.5 Å². The van der Waals surface area contributed by atoms with Gasteiger partial charge in [0.15, 0.2) is 5.82 Å². The van der Waals surface area contributed by atoms with Gasteiger partial charge in [-0.3, -0.25) is 0 Å². The minimum absolute atomic E-state index is 0.283. The van der Waals surface area contributed by atoms with Crippen molar-refractivity contribution in [2.24, 2.45) is 17.4 Å². The van der Waals surface area contributed by atoms with Gasteiger partial charge in [0.2, 0.25) is 0 Å². The minimum Gasteiger partial charge on any atom is -0.457 e. The summed E-state index contributed by atoms with van der Waals surface area (Å²) in [5.74, 6) is 2.70. The van der Waals surface area contributed by atoms with Gasteiger partial charge in [-0.2, -0.15) is 0 Å². The highest BCUT2D eigenvalue weighted by Crippen LogP contribution is 2.35. The van der Waals surface area contributed by atoms with Gasteiger partial charge in [0.25, 0.3) is 0 Å². The van der Waals surface area contributed by atoms with E-state index in [4.69, 9.17) is 16.2 Å². The third-order valence-electron chi connectivity index (χ3n) is 6.14. The lowest BCUT2D eigenvalue weighted by atomic mass is 9.78. The highest BCUT2D eigenvalue weighted by molar-refractivity contribution is 5.76. The number of hydrogen-bond acceptors (Lipinski definition) is 6. The largest absolute Gasteiger partial charge is 0.457 e. The van der Waals surface area contributed by atoms with Gasteiger partial charge in [0.05, 0.1) is 5.70 Å². The van der Waals surface area contributed by atoms with Gasteiger partial charge in [-0.05, 0) is 68.2 Å². The van der Waals surface area contributed by atoms with E-state index in [0.29, 0.717) is 5.92 Å². The SMILES string of the molecule is NC1CCC(C2(N)C=C(Nc3ccc(Oc4ccccc4)cc3)c3nccn3N2)CC1. The topological polar surface area (TPSA) is 103 Å². The van der Waals surface area contributed by atoms with Crippen molar-refractivity contribution in [2.45, 2.75) is 37.4 Å². The summed E-state index contributed by atoms with van der Waals surface area (Å²) in [6.45, 7) is 0. The van der Waals surface area contributed by atoms with E-state index in [-0.39, 0.29) is 6.04 Å². The molecule has 2 heterocycles. The maximum atomic E-state index is 6.87. The second kappa shape index (κ2) is 8.09. The second-order valence-electron chi connectivity index (χ2n) is 8.40. The minimum atomic E-state index is -0.660. The van der Waals surface area contributed by atoms with Crippen LogP contribution in [0.5, 0.6) is 11.5 Å². The lowest BCUT2D eigenvalue weighted by Crippen LogP contribution is -2.58. The molecule has 7 heteroatoms. The zero-order chi connectivity index (χ0) is 21.3. The van der Waals surface area contributed by atoms with Gasteiger partial charge in [-0.25, -0.2) is 9.66 Å². The van der Waals surface area contributed by atoms with Gasteiger partial charge < -0.3 is 26.9 Å². The number of hydrogen-bond donors (Lipinski definition) is 4. The van der Waals surface area contributed by atoms with Crippen LogP contribution in [-0.4, -0.2) is 21.4 Å². The number of aromatic nitrogens is 2. The molecule has 1 aliphatic heterocycles. The predicted molar refractivity (Wildman–Crippen MR) is 123 cm³/mol. The molecule has 1 saturated carbocycles. The molecule has 31 heavy (non-hydrogen) atoms. The summed E-state index contributed by atoms with van der Waals surface area (Å²) in [6, 6.07) is 17.9. The van der Waals surface area contributed by atoms with Crippen molar-refractivity contribution in [1.29, 1.82) is 0 Å². The molecule has 1 aliphatic carbocycles. The summed E-state index contributed by atoms with van der Waals surface area (Å²) in [7, 11) is 0. The summed E-state index contributed by atoms with van der Waals surface area (Å²) in [4.78, 5) is 4.50. The summed E-state index contributed by atoms with van der Waals surface area (Å²) in [5.41, 5.74) is 17.6. The number of fused-ring (bicyclic) bond motifs is 1. The zero-order valence-corrected chi connectivity index (χ0v) is 17.4. The molecule has 1 aromatic heterocycles. The molecular weight excluding hydrogens is 388 g/mol.